The van der Waals surface area contributed by atoms with Gasteiger partial charge in [-0.1, -0.05) is 20.3 Å². The van der Waals surface area contributed by atoms with Crippen LogP contribution >= 0.6 is 0 Å². The summed E-state index contributed by atoms with van der Waals surface area (Å²) in [6.07, 6.45) is 0.806. The Labute approximate surface area is 113 Å². The Morgan fingerprint density at radius 3 is 2.42 bits per heavy atom. The van der Waals surface area contributed by atoms with E-state index in [1.165, 1.54) is 4.90 Å². The van der Waals surface area contributed by atoms with E-state index in [0.29, 0.717) is 0 Å². The first-order valence-electron chi connectivity index (χ1n) is 6.71. The molecule has 0 aromatic heterocycles. The van der Waals surface area contributed by atoms with Crippen molar-refractivity contribution in [3.63, 3.8) is 0 Å². The van der Waals surface area contributed by atoms with Gasteiger partial charge in [0.15, 0.2) is 0 Å². The van der Waals surface area contributed by atoms with E-state index in [4.69, 9.17) is 5.73 Å². The Morgan fingerprint density at radius 2 is 2.00 bits per heavy atom. The lowest BCUT2D eigenvalue weighted by Gasteiger charge is -2.21. The average Bonchev–Trinajstić information content (AvgIpc) is 2.62. The van der Waals surface area contributed by atoms with Crippen LogP contribution in [0.5, 0.6) is 0 Å². The van der Waals surface area contributed by atoms with Crippen LogP contribution in [-0.4, -0.2) is 40.7 Å². The summed E-state index contributed by atoms with van der Waals surface area (Å²) in [6, 6.07) is -1.61. The minimum atomic E-state index is -0.766. The molecule has 0 aliphatic carbocycles. The smallest absolute Gasteiger partial charge is 0.252 e. The topological polar surface area (TPSA) is 92.5 Å². The highest BCUT2D eigenvalue weighted by atomic mass is 16.2. The molecular formula is C13H23N3O3. The third-order valence-corrected chi connectivity index (χ3v) is 3.58. The second-order valence-corrected chi connectivity index (χ2v) is 5.37. The fourth-order valence-electron chi connectivity index (χ4n) is 2.09. The van der Waals surface area contributed by atoms with E-state index in [0.717, 1.165) is 6.42 Å². The second kappa shape index (κ2) is 6.14. The quantitative estimate of drug-likeness (QED) is 0.688. The third kappa shape index (κ3) is 3.32. The molecule has 3 N–H and O–H groups in total. The van der Waals surface area contributed by atoms with Gasteiger partial charge in [-0.3, -0.25) is 19.3 Å². The number of imide groups is 1. The van der Waals surface area contributed by atoms with Crippen LogP contribution in [0.15, 0.2) is 0 Å². The molecular weight excluding hydrogens is 246 g/mol. The van der Waals surface area contributed by atoms with Crippen molar-refractivity contribution in [3.05, 3.63) is 0 Å². The monoisotopic (exact) mass is 269 g/mol. The highest BCUT2D eigenvalue weighted by Gasteiger charge is 2.41. The number of hydrogen-bond acceptors (Lipinski definition) is 4. The molecule has 1 aliphatic rings. The Bertz CT molecular complexity index is 381. The molecule has 1 fully saturated rings. The molecule has 0 aromatic carbocycles. The highest BCUT2D eigenvalue weighted by molar-refractivity contribution is 6.07. The molecule has 6 heteroatoms. The number of hydrogen-bond donors (Lipinski definition) is 2. The van der Waals surface area contributed by atoms with Crippen LogP contribution in [0.25, 0.3) is 0 Å². The van der Waals surface area contributed by atoms with E-state index in [2.05, 4.69) is 5.32 Å². The summed E-state index contributed by atoms with van der Waals surface area (Å²) in [7, 11) is 0. The van der Waals surface area contributed by atoms with Crippen molar-refractivity contribution in [1.82, 2.24) is 10.2 Å². The van der Waals surface area contributed by atoms with Gasteiger partial charge in [0, 0.05) is 6.04 Å². The molecule has 1 rings (SSSR count). The van der Waals surface area contributed by atoms with Crippen molar-refractivity contribution >= 4 is 17.7 Å². The van der Waals surface area contributed by atoms with Gasteiger partial charge in [0.1, 0.15) is 6.04 Å². The number of rotatable bonds is 5. The van der Waals surface area contributed by atoms with E-state index in [9.17, 15) is 14.4 Å². The summed E-state index contributed by atoms with van der Waals surface area (Å²) < 4.78 is 0. The van der Waals surface area contributed by atoms with E-state index in [1.54, 1.807) is 13.8 Å². The van der Waals surface area contributed by atoms with Gasteiger partial charge in [-0.15, -0.1) is 0 Å². The fourth-order valence-corrected chi connectivity index (χ4v) is 2.09. The molecule has 19 heavy (non-hydrogen) atoms. The van der Waals surface area contributed by atoms with Crippen LogP contribution in [0, 0.1) is 5.92 Å². The van der Waals surface area contributed by atoms with Gasteiger partial charge in [-0.05, 0) is 19.8 Å². The lowest BCUT2D eigenvalue weighted by molar-refractivity contribution is -0.141. The Balaban J connectivity index is 2.67. The van der Waals surface area contributed by atoms with Crippen molar-refractivity contribution in [2.24, 2.45) is 11.7 Å². The van der Waals surface area contributed by atoms with Gasteiger partial charge in [-0.25, -0.2) is 0 Å². The number of carbonyl (C=O) groups excluding carboxylic acids is 3. The second-order valence-electron chi connectivity index (χ2n) is 5.37. The molecule has 3 unspecified atom stereocenters. The molecule has 0 bridgehead atoms. The Kier molecular flexibility index (Phi) is 5.05. The number of nitrogens with two attached hydrogens (primary N) is 1. The van der Waals surface area contributed by atoms with E-state index < -0.39 is 12.1 Å². The van der Waals surface area contributed by atoms with E-state index >= 15 is 0 Å². The molecule has 1 aliphatic heterocycles. The van der Waals surface area contributed by atoms with Crippen molar-refractivity contribution in [3.8, 4) is 0 Å². The first kappa shape index (κ1) is 15.6. The van der Waals surface area contributed by atoms with E-state index in [1.807, 2.05) is 13.8 Å². The Hall–Kier alpha value is -1.43. The molecule has 108 valence electrons. The van der Waals surface area contributed by atoms with Gasteiger partial charge < -0.3 is 11.1 Å². The van der Waals surface area contributed by atoms with Gasteiger partial charge in [0.25, 0.3) is 5.91 Å². The van der Waals surface area contributed by atoms with Crippen LogP contribution in [0.3, 0.4) is 0 Å². The molecule has 1 saturated heterocycles. The number of amides is 3. The fraction of sp³-hybridized carbons (Fsp3) is 0.769. The molecule has 3 atom stereocenters. The molecule has 0 saturated carbocycles. The summed E-state index contributed by atoms with van der Waals surface area (Å²) in [5.74, 6) is -0.924. The average molecular weight is 269 g/mol. The lowest BCUT2D eigenvalue weighted by atomic mass is 9.99. The first-order valence-corrected chi connectivity index (χ1v) is 6.71. The first-order chi connectivity index (χ1) is 8.79. The number of nitrogens with one attached hydrogen (secondary N) is 1. The molecule has 0 spiro atoms. The minimum Gasteiger partial charge on any atom is -0.342 e. The summed E-state index contributed by atoms with van der Waals surface area (Å²) in [6.45, 7) is 7.37. The van der Waals surface area contributed by atoms with Crippen molar-refractivity contribution in [2.45, 2.75) is 58.7 Å². The SMILES string of the molecule is CCC(C)C(N)C(=O)NC1CC(=O)N(C(C)C)C1=O. The van der Waals surface area contributed by atoms with Crippen molar-refractivity contribution in [2.75, 3.05) is 0 Å². The zero-order valence-electron chi connectivity index (χ0n) is 12.0. The number of nitrogens with zero attached hydrogens (tertiary/aromatic N) is 1. The summed E-state index contributed by atoms with van der Waals surface area (Å²) >= 11 is 0. The number of carbonyl (C=O) groups is 3. The standard InChI is InChI=1S/C13H23N3O3/c1-5-8(4)11(14)12(18)15-9-6-10(17)16(7(2)3)13(9)19/h7-9,11H,5-6,14H2,1-4H3,(H,15,18). The van der Waals surface area contributed by atoms with Crippen LogP contribution in [0.1, 0.15) is 40.5 Å². The summed E-state index contributed by atoms with van der Waals surface area (Å²) in [5, 5.41) is 2.58. The normalized spacial score (nSPS) is 22.8. The predicted octanol–water partition coefficient (Wildman–Crippen LogP) is 0.0119. The molecule has 0 aromatic rings. The maximum Gasteiger partial charge on any atom is 0.252 e. The summed E-state index contributed by atoms with van der Waals surface area (Å²) in [5.41, 5.74) is 5.80. The predicted molar refractivity (Wildman–Crippen MR) is 71.0 cm³/mol. The maximum atomic E-state index is 12.0. The van der Waals surface area contributed by atoms with Gasteiger partial charge in [0.2, 0.25) is 11.8 Å². The van der Waals surface area contributed by atoms with Gasteiger partial charge in [0.05, 0.1) is 12.5 Å². The molecule has 0 radical (unpaired) electrons. The number of likely N-dealkylation sites (tertiary alicyclic amines) is 1. The van der Waals surface area contributed by atoms with Crippen LogP contribution in [0.4, 0.5) is 0 Å². The van der Waals surface area contributed by atoms with Crippen LogP contribution in [0.2, 0.25) is 0 Å². The van der Waals surface area contributed by atoms with Crippen molar-refractivity contribution in [1.29, 1.82) is 0 Å². The highest BCUT2D eigenvalue weighted by Crippen LogP contribution is 2.16. The van der Waals surface area contributed by atoms with E-state index in [-0.39, 0.29) is 36.1 Å². The Morgan fingerprint density at radius 1 is 1.42 bits per heavy atom. The molecule has 1 heterocycles. The van der Waals surface area contributed by atoms with Gasteiger partial charge in [-0.2, -0.15) is 0 Å². The van der Waals surface area contributed by atoms with Crippen molar-refractivity contribution < 1.29 is 14.4 Å². The molecule has 6 nitrogen and oxygen atoms in total. The maximum absolute atomic E-state index is 12.0. The van der Waals surface area contributed by atoms with Crippen LogP contribution in [-0.2, 0) is 14.4 Å². The summed E-state index contributed by atoms with van der Waals surface area (Å²) in [4.78, 5) is 36.8. The third-order valence-electron chi connectivity index (χ3n) is 3.58. The zero-order valence-corrected chi connectivity index (χ0v) is 12.0. The zero-order chi connectivity index (χ0) is 14.7. The largest absolute Gasteiger partial charge is 0.342 e. The minimum absolute atomic E-state index is 0.0238. The van der Waals surface area contributed by atoms with Crippen LogP contribution < -0.4 is 11.1 Å². The van der Waals surface area contributed by atoms with Gasteiger partial charge >= 0.3 is 0 Å². The lowest BCUT2D eigenvalue weighted by Crippen LogP contribution is -2.51. The molecule has 3 amide bonds.